The number of hydrogen-bond acceptors (Lipinski definition) is 2. The van der Waals surface area contributed by atoms with Crippen molar-refractivity contribution in [3.8, 4) is 0 Å². The Morgan fingerprint density at radius 2 is 1.62 bits per heavy atom. The summed E-state index contributed by atoms with van der Waals surface area (Å²) >= 11 is 4.55. The average molecular weight is 251 g/mol. The molecule has 0 heterocycles. The molecule has 0 bridgehead atoms. The standard InChI is InChI=1S/C12H23F2NS/c1-9(2,3)12(10(4,5)16)7-11(13,14)6-8(12)15/h8,16H,6-7,15H2,1-5H3/t8-,12?/m1/s1. The number of halogens is 2. The van der Waals surface area contributed by atoms with E-state index in [1.165, 1.54) is 0 Å². The van der Waals surface area contributed by atoms with Crippen molar-refractivity contribution in [2.24, 2.45) is 16.6 Å². The van der Waals surface area contributed by atoms with Gasteiger partial charge in [0.15, 0.2) is 0 Å². The maximum atomic E-state index is 13.6. The Hall–Kier alpha value is 0.170. The molecule has 0 radical (unpaired) electrons. The normalized spacial score (nSPS) is 35.4. The van der Waals surface area contributed by atoms with E-state index < -0.39 is 22.1 Å². The van der Waals surface area contributed by atoms with Crippen LogP contribution >= 0.6 is 12.6 Å². The minimum atomic E-state index is -2.66. The summed E-state index contributed by atoms with van der Waals surface area (Å²) in [6.07, 6.45) is -0.393. The summed E-state index contributed by atoms with van der Waals surface area (Å²) in [4.78, 5) is 0. The Morgan fingerprint density at radius 3 is 1.75 bits per heavy atom. The molecule has 4 heteroatoms. The first-order valence-electron chi connectivity index (χ1n) is 5.69. The van der Waals surface area contributed by atoms with Gasteiger partial charge in [-0.1, -0.05) is 34.6 Å². The zero-order valence-electron chi connectivity index (χ0n) is 10.8. The molecule has 16 heavy (non-hydrogen) atoms. The molecule has 96 valence electrons. The second-order valence-electron chi connectivity index (χ2n) is 6.62. The van der Waals surface area contributed by atoms with Crippen LogP contribution in [-0.4, -0.2) is 16.7 Å². The van der Waals surface area contributed by atoms with E-state index in [0.29, 0.717) is 0 Å². The van der Waals surface area contributed by atoms with E-state index in [0.717, 1.165) is 0 Å². The Morgan fingerprint density at radius 1 is 1.19 bits per heavy atom. The molecule has 0 aromatic heterocycles. The van der Waals surface area contributed by atoms with Gasteiger partial charge in [0.1, 0.15) is 0 Å². The lowest BCUT2D eigenvalue weighted by atomic mass is 9.57. The van der Waals surface area contributed by atoms with Crippen LogP contribution in [0.4, 0.5) is 8.78 Å². The van der Waals surface area contributed by atoms with Gasteiger partial charge < -0.3 is 5.73 Å². The predicted octanol–water partition coefficient (Wildman–Crippen LogP) is 3.48. The second kappa shape index (κ2) is 3.58. The highest BCUT2D eigenvalue weighted by atomic mass is 32.1. The molecule has 1 aliphatic carbocycles. The van der Waals surface area contributed by atoms with Gasteiger partial charge in [-0.2, -0.15) is 12.6 Å². The van der Waals surface area contributed by atoms with Gasteiger partial charge in [-0.15, -0.1) is 0 Å². The fourth-order valence-electron chi connectivity index (χ4n) is 3.52. The molecule has 1 saturated carbocycles. The van der Waals surface area contributed by atoms with Crippen molar-refractivity contribution >= 4 is 12.6 Å². The molecular weight excluding hydrogens is 228 g/mol. The van der Waals surface area contributed by atoms with Crippen LogP contribution in [0.5, 0.6) is 0 Å². The molecule has 1 fully saturated rings. The molecule has 1 aliphatic rings. The minimum Gasteiger partial charge on any atom is -0.327 e. The van der Waals surface area contributed by atoms with Crippen LogP contribution < -0.4 is 5.73 Å². The molecule has 0 amide bonds. The van der Waals surface area contributed by atoms with Gasteiger partial charge in [0.25, 0.3) is 0 Å². The van der Waals surface area contributed by atoms with Crippen LogP contribution in [0, 0.1) is 10.8 Å². The summed E-state index contributed by atoms with van der Waals surface area (Å²) in [5.74, 6) is -2.66. The van der Waals surface area contributed by atoms with E-state index in [9.17, 15) is 8.78 Å². The molecule has 1 nitrogen and oxygen atoms in total. The Bertz CT molecular complexity index is 262. The minimum absolute atomic E-state index is 0.166. The second-order valence-corrected chi connectivity index (χ2v) is 7.74. The van der Waals surface area contributed by atoms with Gasteiger partial charge in [-0.25, -0.2) is 8.78 Å². The molecule has 2 N–H and O–H groups in total. The molecule has 1 rings (SSSR count). The highest BCUT2D eigenvalue weighted by molar-refractivity contribution is 7.81. The van der Waals surface area contributed by atoms with Crippen LogP contribution in [0.15, 0.2) is 0 Å². The predicted molar refractivity (Wildman–Crippen MR) is 67.1 cm³/mol. The summed E-state index contributed by atoms with van der Waals surface area (Å²) in [6, 6.07) is -0.505. The fourth-order valence-corrected chi connectivity index (χ4v) is 4.10. The van der Waals surface area contributed by atoms with Gasteiger partial charge in [0.05, 0.1) is 0 Å². The van der Waals surface area contributed by atoms with E-state index in [1.807, 2.05) is 34.6 Å². The molecule has 0 saturated heterocycles. The van der Waals surface area contributed by atoms with Crippen LogP contribution in [-0.2, 0) is 0 Å². The van der Waals surface area contributed by atoms with Crippen molar-refractivity contribution in [3.05, 3.63) is 0 Å². The topological polar surface area (TPSA) is 26.0 Å². The highest BCUT2D eigenvalue weighted by Gasteiger charge is 2.64. The van der Waals surface area contributed by atoms with Crippen LogP contribution in [0.2, 0.25) is 0 Å². The van der Waals surface area contributed by atoms with Gasteiger partial charge >= 0.3 is 0 Å². The maximum absolute atomic E-state index is 13.6. The summed E-state index contributed by atoms with van der Waals surface area (Å²) in [7, 11) is 0. The van der Waals surface area contributed by atoms with Crippen LogP contribution in [0.3, 0.4) is 0 Å². The third kappa shape index (κ3) is 1.99. The Balaban J connectivity index is 3.29. The van der Waals surface area contributed by atoms with E-state index in [1.54, 1.807) is 0 Å². The van der Waals surface area contributed by atoms with E-state index in [4.69, 9.17) is 5.73 Å². The largest absolute Gasteiger partial charge is 0.327 e. The van der Waals surface area contributed by atoms with Gasteiger partial charge in [-0.05, 0) is 5.41 Å². The number of rotatable bonds is 1. The molecule has 0 aromatic rings. The number of nitrogens with two attached hydrogens (primary N) is 1. The van der Waals surface area contributed by atoms with Crippen LogP contribution in [0.25, 0.3) is 0 Å². The van der Waals surface area contributed by atoms with Gasteiger partial charge in [-0.3, -0.25) is 0 Å². The molecule has 0 aromatic carbocycles. The maximum Gasteiger partial charge on any atom is 0.250 e. The molecule has 0 aliphatic heterocycles. The van der Waals surface area contributed by atoms with Gasteiger partial charge in [0.2, 0.25) is 5.92 Å². The molecular formula is C12H23F2NS. The average Bonchev–Trinajstić information content (AvgIpc) is 2.17. The molecule has 2 atom stereocenters. The third-order valence-corrected chi connectivity index (χ3v) is 4.52. The number of thiol groups is 1. The van der Waals surface area contributed by atoms with Crippen molar-refractivity contribution < 1.29 is 8.78 Å². The van der Waals surface area contributed by atoms with Crippen molar-refractivity contribution in [1.29, 1.82) is 0 Å². The summed E-state index contributed by atoms with van der Waals surface area (Å²) in [5, 5.41) is 0. The summed E-state index contributed by atoms with van der Waals surface area (Å²) < 4.78 is 26.7. The molecule has 1 unspecified atom stereocenters. The summed E-state index contributed by atoms with van der Waals surface area (Å²) in [6.45, 7) is 9.72. The lowest BCUT2D eigenvalue weighted by Gasteiger charge is -2.53. The van der Waals surface area contributed by atoms with E-state index in [2.05, 4.69) is 12.6 Å². The van der Waals surface area contributed by atoms with E-state index >= 15 is 0 Å². The van der Waals surface area contributed by atoms with Crippen molar-refractivity contribution in [2.75, 3.05) is 0 Å². The van der Waals surface area contributed by atoms with Crippen molar-refractivity contribution in [2.45, 2.75) is 64.2 Å². The Labute approximate surface area is 103 Å². The smallest absolute Gasteiger partial charge is 0.250 e. The van der Waals surface area contributed by atoms with Crippen molar-refractivity contribution in [3.63, 3.8) is 0 Å². The summed E-state index contributed by atoms with van der Waals surface area (Å²) in [5.41, 5.74) is 5.09. The number of hydrogen-bond donors (Lipinski definition) is 2. The third-order valence-electron chi connectivity index (χ3n) is 4.12. The number of alkyl halides is 2. The van der Waals surface area contributed by atoms with Gasteiger partial charge in [0, 0.05) is 29.0 Å². The first kappa shape index (κ1) is 14.2. The monoisotopic (exact) mass is 251 g/mol. The van der Waals surface area contributed by atoms with Crippen molar-refractivity contribution in [1.82, 2.24) is 0 Å². The lowest BCUT2D eigenvalue weighted by Crippen LogP contribution is -2.57. The van der Waals surface area contributed by atoms with E-state index in [-0.39, 0.29) is 18.3 Å². The zero-order valence-corrected chi connectivity index (χ0v) is 11.7. The SMILES string of the molecule is CC(C)(C)C1(C(C)(C)S)CC(F)(F)C[C@H]1N. The first-order valence-corrected chi connectivity index (χ1v) is 6.14. The molecule has 0 spiro atoms. The quantitative estimate of drug-likeness (QED) is 0.686. The highest BCUT2D eigenvalue weighted by Crippen LogP contribution is 2.62. The first-order chi connectivity index (χ1) is 6.83. The Kier molecular flexibility index (Phi) is 3.18. The zero-order chi connectivity index (χ0) is 13.0. The fraction of sp³-hybridized carbons (Fsp3) is 1.00. The van der Waals surface area contributed by atoms with Crippen LogP contribution in [0.1, 0.15) is 47.5 Å². The lowest BCUT2D eigenvalue weighted by molar-refractivity contribution is -0.0346.